The number of halogens is 2. The molecule has 0 bridgehead atoms. The lowest BCUT2D eigenvalue weighted by molar-refractivity contribution is -0.138. The first-order valence-corrected chi connectivity index (χ1v) is 7.82. The van der Waals surface area contributed by atoms with E-state index in [-0.39, 0.29) is 0 Å². The predicted octanol–water partition coefficient (Wildman–Crippen LogP) is 4.95. The Morgan fingerprint density at radius 3 is 2.52 bits per heavy atom. The van der Waals surface area contributed by atoms with E-state index >= 15 is 0 Å². The van der Waals surface area contributed by atoms with Gasteiger partial charge in [-0.1, -0.05) is 41.4 Å². The van der Waals surface area contributed by atoms with Gasteiger partial charge >= 0.3 is 5.97 Å². The zero-order chi connectivity index (χ0) is 16.4. The number of aliphatic carboxylic acids is 1. The molecular weight excluding hydrogens is 333 g/mol. The molecule has 1 unspecified atom stereocenters. The van der Waals surface area contributed by atoms with E-state index in [1.165, 1.54) is 0 Å². The fraction of sp³-hybridized carbons (Fsp3) is 0.111. The predicted molar refractivity (Wildman–Crippen MR) is 92.3 cm³/mol. The molecule has 23 heavy (non-hydrogen) atoms. The first-order valence-electron chi connectivity index (χ1n) is 7.06. The van der Waals surface area contributed by atoms with Crippen LogP contribution in [0.2, 0.25) is 10.0 Å². The van der Waals surface area contributed by atoms with Gasteiger partial charge < -0.3 is 5.11 Å². The third-order valence-corrected chi connectivity index (χ3v) is 4.41. The average molecular weight is 346 g/mol. The minimum atomic E-state index is -0.953. The van der Waals surface area contributed by atoms with Gasteiger partial charge in [0.05, 0.1) is 11.4 Å². The lowest BCUT2D eigenvalue weighted by Crippen LogP contribution is -2.15. The number of aromatic nitrogens is 1. The second kappa shape index (κ2) is 6.57. The van der Waals surface area contributed by atoms with Gasteiger partial charge in [-0.25, -0.2) is 0 Å². The standard InChI is InChI=1S/C18H13Cl2NO2/c19-14-4-1-5-15(20)17(14)13(18(22)23)10-11-6-7-16-12(9-11)3-2-8-21-16/h1-9,13H,10H2,(H,22,23). The number of carboxylic acids is 1. The van der Waals surface area contributed by atoms with Crippen molar-refractivity contribution in [2.45, 2.75) is 12.3 Å². The second-order valence-electron chi connectivity index (χ2n) is 5.26. The number of hydrogen-bond donors (Lipinski definition) is 1. The molecule has 0 fully saturated rings. The van der Waals surface area contributed by atoms with E-state index in [4.69, 9.17) is 23.2 Å². The van der Waals surface area contributed by atoms with Crippen LogP contribution in [0.5, 0.6) is 0 Å². The summed E-state index contributed by atoms with van der Waals surface area (Å²) in [5, 5.41) is 11.3. The molecule has 0 aliphatic heterocycles. The quantitative estimate of drug-likeness (QED) is 0.727. The number of carbonyl (C=O) groups is 1. The van der Waals surface area contributed by atoms with Crippen molar-refractivity contribution in [2.24, 2.45) is 0 Å². The maximum atomic E-state index is 11.7. The lowest BCUT2D eigenvalue weighted by Gasteiger charge is -2.16. The summed E-state index contributed by atoms with van der Waals surface area (Å²) in [5.74, 6) is -1.75. The molecule has 0 amide bonds. The highest BCUT2D eigenvalue weighted by Gasteiger charge is 2.25. The van der Waals surface area contributed by atoms with E-state index in [0.717, 1.165) is 16.5 Å². The molecule has 3 aromatic rings. The Hall–Kier alpha value is -2.10. The maximum absolute atomic E-state index is 11.7. The SMILES string of the molecule is O=C(O)C(Cc1ccc2ncccc2c1)c1c(Cl)cccc1Cl. The van der Waals surface area contributed by atoms with Crippen molar-refractivity contribution in [3.63, 3.8) is 0 Å². The van der Waals surface area contributed by atoms with Gasteiger partial charge in [0.25, 0.3) is 0 Å². The Bertz CT molecular complexity index is 860. The molecule has 0 radical (unpaired) electrons. The topological polar surface area (TPSA) is 50.2 Å². The van der Waals surface area contributed by atoms with Gasteiger partial charge in [0.2, 0.25) is 0 Å². The molecule has 1 atom stereocenters. The van der Waals surface area contributed by atoms with Crippen LogP contribution in [0.15, 0.2) is 54.7 Å². The maximum Gasteiger partial charge on any atom is 0.311 e. The number of benzene rings is 2. The molecular formula is C18H13Cl2NO2. The van der Waals surface area contributed by atoms with E-state index in [1.54, 1.807) is 24.4 Å². The first-order chi connectivity index (χ1) is 11.1. The fourth-order valence-electron chi connectivity index (χ4n) is 2.64. The molecule has 0 spiro atoms. The molecule has 3 rings (SSSR count). The molecule has 1 heterocycles. The van der Waals surface area contributed by atoms with E-state index in [9.17, 15) is 9.90 Å². The van der Waals surface area contributed by atoms with Crippen molar-refractivity contribution in [2.75, 3.05) is 0 Å². The Kier molecular flexibility index (Phi) is 4.51. The number of pyridine rings is 1. The number of rotatable bonds is 4. The van der Waals surface area contributed by atoms with Gasteiger partial charge in [0.15, 0.2) is 0 Å². The normalized spacial score (nSPS) is 12.3. The van der Waals surface area contributed by atoms with Crippen LogP contribution >= 0.6 is 23.2 Å². The van der Waals surface area contributed by atoms with Crippen LogP contribution in [0, 0.1) is 0 Å². The van der Waals surface area contributed by atoms with Gasteiger partial charge in [0, 0.05) is 27.2 Å². The molecule has 1 aromatic heterocycles. The van der Waals surface area contributed by atoms with Crippen LogP contribution < -0.4 is 0 Å². The van der Waals surface area contributed by atoms with E-state index < -0.39 is 11.9 Å². The highest BCUT2D eigenvalue weighted by atomic mass is 35.5. The van der Waals surface area contributed by atoms with Crippen molar-refractivity contribution in [3.8, 4) is 0 Å². The summed E-state index contributed by atoms with van der Waals surface area (Å²) in [5.41, 5.74) is 2.22. The number of carboxylic acid groups (broad SMARTS) is 1. The second-order valence-corrected chi connectivity index (χ2v) is 6.08. The highest BCUT2D eigenvalue weighted by Crippen LogP contribution is 2.34. The van der Waals surface area contributed by atoms with E-state index in [2.05, 4.69) is 4.98 Å². The van der Waals surface area contributed by atoms with Crippen molar-refractivity contribution in [1.29, 1.82) is 0 Å². The minimum Gasteiger partial charge on any atom is -0.481 e. The molecule has 0 saturated heterocycles. The summed E-state index contributed by atoms with van der Waals surface area (Å²) in [4.78, 5) is 16.0. The van der Waals surface area contributed by atoms with Gasteiger partial charge in [0.1, 0.15) is 0 Å². The summed E-state index contributed by atoms with van der Waals surface area (Å²) in [7, 11) is 0. The van der Waals surface area contributed by atoms with Gasteiger partial charge in [-0.3, -0.25) is 9.78 Å². The Balaban J connectivity index is 2.00. The summed E-state index contributed by atoms with van der Waals surface area (Å²) in [6.07, 6.45) is 2.04. The molecule has 5 heteroatoms. The van der Waals surface area contributed by atoms with Crippen LogP contribution in [0.25, 0.3) is 10.9 Å². The number of fused-ring (bicyclic) bond motifs is 1. The molecule has 0 aliphatic rings. The summed E-state index contributed by atoms with van der Waals surface area (Å²) >= 11 is 12.3. The Labute approximate surface area is 143 Å². The van der Waals surface area contributed by atoms with Gasteiger partial charge in [-0.15, -0.1) is 0 Å². The van der Waals surface area contributed by atoms with Crippen LogP contribution in [0.1, 0.15) is 17.0 Å². The fourth-order valence-corrected chi connectivity index (χ4v) is 3.31. The average Bonchev–Trinajstić information content (AvgIpc) is 2.53. The monoisotopic (exact) mass is 345 g/mol. The van der Waals surface area contributed by atoms with Crippen LogP contribution in [0.4, 0.5) is 0 Å². The largest absolute Gasteiger partial charge is 0.481 e. The molecule has 116 valence electrons. The van der Waals surface area contributed by atoms with Crippen LogP contribution in [-0.4, -0.2) is 16.1 Å². The zero-order valence-electron chi connectivity index (χ0n) is 12.0. The molecule has 2 aromatic carbocycles. The summed E-state index contributed by atoms with van der Waals surface area (Å²) in [6.45, 7) is 0. The Morgan fingerprint density at radius 2 is 1.83 bits per heavy atom. The first kappa shape index (κ1) is 15.8. The lowest BCUT2D eigenvalue weighted by atomic mass is 9.91. The number of hydrogen-bond acceptors (Lipinski definition) is 2. The summed E-state index contributed by atoms with van der Waals surface area (Å²) in [6, 6.07) is 14.5. The van der Waals surface area contributed by atoms with E-state index in [1.807, 2.05) is 30.3 Å². The zero-order valence-corrected chi connectivity index (χ0v) is 13.6. The van der Waals surface area contributed by atoms with Crippen LogP contribution in [0.3, 0.4) is 0 Å². The Morgan fingerprint density at radius 1 is 1.09 bits per heavy atom. The van der Waals surface area contributed by atoms with Gasteiger partial charge in [-0.2, -0.15) is 0 Å². The van der Waals surface area contributed by atoms with Crippen molar-refractivity contribution < 1.29 is 9.90 Å². The number of nitrogens with zero attached hydrogens (tertiary/aromatic N) is 1. The molecule has 1 N–H and O–H groups in total. The smallest absolute Gasteiger partial charge is 0.311 e. The van der Waals surface area contributed by atoms with Gasteiger partial charge in [-0.05, 0) is 42.3 Å². The van der Waals surface area contributed by atoms with E-state index in [0.29, 0.717) is 22.0 Å². The minimum absolute atomic E-state index is 0.309. The molecule has 0 saturated carbocycles. The van der Waals surface area contributed by atoms with Crippen LogP contribution in [-0.2, 0) is 11.2 Å². The van der Waals surface area contributed by atoms with Crippen molar-refractivity contribution in [1.82, 2.24) is 4.98 Å². The summed E-state index contributed by atoms with van der Waals surface area (Å²) < 4.78 is 0. The van der Waals surface area contributed by atoms with Crippen molar-refractivity contribution in [3.05, 3.63) is 75.9 Å². The third kappa shape index (κ3) is 3.31. The van der Waals surface area contributed by atoms with Crippen molar-refractivity contribution >= 4 is 40.1 Å². The molecule has 3 nitrogen and oxygen atoms in total. The third-order valence-electron chi connectivity index (χ3n) is 3.75. The highest BCUT2D eigenvalue weighted by molar-refractivity contribution is 6.36. The molecule has 0 aliphatic carbocycles.